The predicted molar refractivity (Wildman–Crippen MR) is 90.7 cm³/mol. The van der Waals surface area contributed by atoms with Gasteiger partial charge in [-0.25, -0.2) is 4.79 Å². The van der Waals surface area contributed by atoms with Crippen LogP contribution in [0.2, 0.25) is 0 Å². The zero-order valence-electron chi connectivity index (χ0n) is 14.7. The number of fused-ring (bicyclic) bond motifs is 1. The van der Waals surface area contributed by atoms with Crippen LogP contribution in [-0.2, 0) is 31.4 Å². The van der Waals surface area contributed by atoms with E-state index in [4.69, 9.17) is 10.2 Å². The molecule has 0 radical (unpaired) electrons. The molecule has 0 saturated heterocycles. The number of hydrogen-bond acceptors (Lipinski definition) is 7. The SMILES string of the molecule is O=C(O)Cn1c(OC(=O)O)cc2cc(N(S(=O)(=O)C(F)(F)F)S(=O)(=O)C(F)(F)F)ccc21. The van der Waals surface area contributed by atoms with Crippen molar-refractivity contribution in [2.75, 3.05) is 3.71 Å². The van der Waals surface area contributed by atoms with Gasteiger partial charge in [0.05, 0.1) is 11.2 Å². The number of halogens is 6. The van der Waals surface area contributed by atoms with Gasteiger partial charge in [0.25, 0.3) is 0 Å². The summed E-state index contributed by atoms with van der Waals surface area (Å²) in [6.07, 6.45) is -1.97. The van der Waals surface area contributed by atoms with Crippen LogP contribution >= 0.6 is 0 Å². The molecule has 1 heterocycles. The highest BCUT2D eigenvalue weighted by Crippen LogP contribution is 2.40. The molecule has 0 bridgehead atoms. The van der Waals surface area contributed by atoms with Crippen molar-refractivity contribution in [2.45, 2.75) is 17.6 Å². The number of carbonyl (C=O) groups is 2. The van der Waals surface area contributed by atoms with Crippen LogP contribution in [0.15, 0.2) is 24.3 Å². The molecule has 0 aliphatic rings. The second-order valence-corrected chi connectivity index (χ2v) is 9.46. The van der Waals surface area contributed by atoms with Gasteiger partial charge in [0.2, 0.25) is 5.88 Å². The molecule has 11 nitrogen and oxygen atoms in total. The summed E-state index contributed by atoms with van der Waals surface area (Å²) in [5, 5.41) is 17.0. The van der Waals surface area contributed by atoms with Crippen molar-refractivity contribution < 1.29 is 67.7 Å². The van der Waals surface area contributed by atoms with Gasteiger partial charge in [0, 0.05) is 11.5 Å². The summed E-state index contributed by atoms with van der Waals surface area (Å²) in [4.78, 5) is 21.7. The highest BCUT2D eigenvalue weighted by atomic mass is 32.3. The average molecular weight is 514 g/mol. The number of alkyl halides is 6. The van der Waals surface area contributed by atoms with Crippen molar-refractivity contribution >= 4 is 48.8 Å². The van der Waals surface area contributed by atoms with E-state index < -0.39 is 70.4 Å². The van der Waals surface area contributed by atoms with Crippen molar-refractivity contribution in [2.24, 2.45) is 0 Å². The number of nitrogens with zero attached hydrogens (tertiary/aromatic N) is 2. The van der Waals surface area contributed by atoms with Crippen molar-refractivity contribution in [1.82, 2.24) is 4.57 Å². The van der Waals surface area contributed by atoms with Crippen LogP contribution in [0, 0.1) is 0 Å². The highest BCUT2D eigenvalue weighted by molar-refractivity contribution is 8.11. The maximum absolute atomic E-state index is 12.9. The zero-order valence-corrected chi connectivity index (χ0v) is 16.4. The lowest BCUT2D eigenvalue weighted by Gasteiger charge is -2.25. The fourth-order valence-corrected chi connectivity index (χ4v) is 5.11. The summed E-state index contributed by atoms with van der Waals surface area (Å²) in [7, 11) is -14.3. The van der Waals surface area contributed by atoms with E-state index in [0.717, 1.165) is 0 Å². The van der Waals surface area contributed by atoms with Gasteiger partial charge < -0.3 is 19.5 Å². The molecule has 0 aliphatic heterocycles. The number of rotatable bonds is 6. The smallest absolute Gasteiger partial charge is 0.480 e. The van der Waals surface area contributed by atoms with E-state index in [2.05, 4.69) is 4.74 Å². The Morgan fingerprint density at radius 1 is 0.938 bits per heavy atom. The van der Waals surface area contributed by atoms with Crippen molar-refractivity contribution in [1.29, 1.82) is 0 Å². The molecular weight excluding hydrogens is 506 g/mol. The van der Waals surface area contributed by atoms with Crippen LogP contribution in [-0.4, -0.2) is 54.8 Å². The van der Waals surface area contributed by atoms with Gasteiger partial charge in [-0.1, -0.05) is 0 Å². The van der Waals surface area contributed by atoms with E-state index in [-0.39, 0.29) is 17.6 Å². The Hall–Kier alpha value is -3.22. The average Bonchev–Trinajstić information content (AvgIpc) is 2.87. The van der Waals surface area contributed by atoms with Crippen molar-refractivity contribution in [3.05, 3.63) is 24.3 Å². The quantitative estimate of drug-likeness (QED) is 0.435. The van der Waals surface area contributed by atoms with E-state index in [1.807, 2.05) is 0 Å². The molecule has 178 valence electrons. The number of anilines is 1. The first-order chi connectivity index (χ1) is 14.3. The number of aromatic nitrogens is 1. The molecule has 2 rings (SSSR count). The minimum atomic E-state index is -7.14. The van der Waals surface area contributed by atoms with Gasteiger partial charge in [-0.2, -0.15) is 43.2 Å². The van der Waals surface area contributed by atoms with Gasteiger partial charge in [-0.3, -0.25) is 4.79 Å². The maximum atomic E-state index is 12.9. The molecule has 2 N–H and O–H groups in total. The molecular formula is C13H8F6N2O9S2. The first-order valence-corrected chi connectivity index (χ1v) is 10.4. The number of sulfonamides is 2. The summed E-state index contributed by atoms with van der Waals surface area (Å²) >= 11 is 0. The molecule has 0 saturated carbocycles. The third kappa shape index (κ3) is 4.38. The van der Waals surface area contributed by atoms with Gasteiger partial charge in [-0.05, 0) is 18.2 Å². The molecule has 0 atom stereocenters. The fraction of sp³-hybridized carbons (Fsp3) is 0.231. The molecule has 0 fully saturated rings. The van der Waals surface area contributed by atoms with Crippen LogP contribution in [0.1, 0.15) is 0 Å². The number of benzene rings is 1. The van der Waals surface area contributed by atoms with Gasteiger partial charge in [-0.15, -0.1) is 3.71 Å². The lowest BCUT2D eigenvalue weighted by Crippen LogP contribution is -2.49. The molecule has 0 amide bonds. The van der Waals surface area contributed by atoms with Crippen LogP contribution in [0.4, 0.5) is 36.8 Å². The Labute approximate surface area is 173 Å². The molecule has 19 heteroatoms. The molecule has 1 aromatic heterocycles. The Bertz CT molecular complexity index is 1250. The Balaban J connectivity index is 2.86. The van der Waals surface area contributed by atoms with E-state index >= 15 is 0 Å². The summed E-state index contributed by atoms with van der Waals surface area (Å²) < 4.78 is 127. The molecule has 2 aromatic rings. The summed E-state index contributed by atoms with van der Waals surface area (Å²) in [5.74, 6) is -2.32. The number of hydrogen-bond donors (Lipinski definition) is 2. The topological polar surface area (TPSA) is 160 Å². The van der Waals surface area contributed by atoms with Gasteiger partial charge in [0.1, 0.15) is 6.54 Å². The maximum Gasteiger partial charge on any atom is 0.517 e. The second kappa shape index (κ2) is 7.73. The summed E-state index contributed by atoms with van der Waals surface area (Å²) in [6, 6.07) is 1.66. The van der Waals surface area contributed by atoms with E-state index in [1.54, 1.807) is 0 Å². The Morgan fingerprint density at radius 2 is 1.44 bits per heavy atom. The minimum absolute atomic E-state index is 0.220. The van der Waals surface area contributed by atoms with E-state index in [9.17, 15) is 52.8 Å². The summed E-state index contributed by atoms with van der Waals surface area (Å²) in [6.45, 7) is -0.989. The first kappa shape index (κ1) is 25.0. The van der Waals surface area contributed by atoms with Gasteiger partial charge in [0.15, 0.2) is 0 Å². The third-order valence-electron chi connectivity index (χ3n) is 3.56. The van der Waals surface area contributed by atoms with Crippen LogP contribution in [0.25, 0.3) is 10.9 Å². The molecule has 0 aliphatic carbocycles. The van der Waals surface area contributed by atoms with Crippen LogP contribution in [0.3, 0.4) is 0 Å². The normalized spacial score (nSPS) is 13.2. The third-order valence-corrected chi connectivity index (χ3v) is 7.21. The minimum Gasteiger partial charge on any atom is -0.480 e. The zero-order chi connectivity index (χ0) is 24.9. The number of ether oxygens (including phenoxy) is 1. The standard InChI is InChI=1S/C13H8F6N2O9S2/c14-12(15,16)31(26,27)21(32(28,29)13(17,18)19)7-1-2-8-6(3-7)4-9(30-11(24)25)20(8)5-10(22)23/h1-4H,5H2,(H,22,23)(H,24,25). The number of carboxylic acid groups (broad SMARTS) is 2. The van der Waals surface area contributed by atoms with E-state index in [1.165, 1.54) is 0 Å². The fourth-order valence-electron chi connectivity index (χ4n) is 2.41. The molecule has 0 spiro atoms. The lowest BCUT2D eigenvalue weighted by molar-refractivity contribution is -0.137. The van der Waals surface area contributed by atoms with E-state index in [0.29, 0.717) is 16.7 Å². The van der Waals surface area contributed by atoms with Crippen molar-refractivity contribution in [3.63, 3.8) is 0 Å². The van der Waals surface area contributed by atoms with Crippen molar-refractivity contribution in [3.8, 4) is 5.88 Å². The van der Waals surface area contributed by atoms with Crippen LogP contribution < -0.4 is 8.45 Å². The Morgan fingerprint density at radius 3 is 1.84 bits per heavy atom. The molecule has 1 aromatic carbocycles. The number of carboxylic acids is 1. The lowest BCUT2D eigenvalue weighted by atomic mass is 10.2. The first-order valence-electron chi connectivity index (χ1n) is 7.49. The van der Waals surface area contributed by atoms with Crippen LogP contribution in [0.5, 0.6) is 5.88 Å². The summed E-state index contributed by atoms with van der Waals surface area (Å²) in [5.41, 5.74) is -14.9. The monoisotopic (exact) mass is 514 g/mol. The second-order valence-electron chi connectivity index (χ2n) is 5.67. The van der Waals surface area contributed by atoms with Gasteiger partial charge >= 0.3 is 43.2 Å². The molecule has 32 heavy (non-hydrogen) atoms. The largest absolute Gasteiger partial charge is 0.517 e. The molecule has 0 unspecified atom stereocenters. The number of aliphatic carboxylic acids is 1. The predicted octanol–water partition coefficient (Wildman–Crippen LogP) is 2.29. The Kier molecular flexibility index (Phi) is 6.05. The highest BCUT2D eigenvalue weighted by Gasteiger charge is 2.61.